The van der Waals surface area contributed by atoms with Crippen molar-refractivity contribution < 1.29 is 14.3 Å². The molecule has 1 aliphatic rings. The highest BCUT2D eigenvalue weighted by Crippen LogP contribution is 2.27. The van der Waals surface area contributed by atoms with Gasteiger partial charge < -0.3 is 15.8 Å². The first-order valence-electron chi connectivity index (χ1n) is 7.43. The summed E-state index contributed by atoms with van der Waals surface area (Å²) in [5.74, 6) is -1.14. The molecular weight excluding hydrogens is 292 g/mol. The number of ketones is 1. The van der Waals surface area contributed by atoms with Crippen molar-refractivity contribution in [2.45, 2.75) is 38.8 Å². The van der Waals surface area contributed by atoms with Gasteiger partial charge in [0.1, 0.15) is 5.60 Å². The molecule has 0 amide bonds. The fourth-order valence-corrected chi connectivity index (χ4v) is 2.36. The number of ether oxygens (including phenoxy) is 1. The van der Waals surface area contributed by atoms with Crippen LogP contribution < -0.4 is 11.1 Å². The van der Waals surface area contributed by atoms with E-state index < -0.39 is 22.9 Å². The number of hydrogen-bond acceptors (Lipinski definition) is 5. The zero-order valence-electron chi connectivity index (χ0n) is 13.8. The summed E-state index contributed by atoms with van der Waals surface area (Å²) in [6.45, 7) is 7.01. The van der Waals surface area contributed by atoms with Gasteiger partial charge in [-0.25, -0.2) is 4.79 Å². The summed E-state index contributed by atoms with van der Waals surface area (Å²) in [5.41, 5.74) is 4.75. The number of Topliss-reactive ketones (excluding diaryl/α,β-unsaturated/α-hetero) is 1. The Morgan fingerprint density at radius 1 is 1.13 bits per heavy atom. The average molecular weight is 314 g/mol. The van der Waals surface area contributed by atoms with E-state index in [9.17, 15) is 9.59 Å². The maximum Gasteiger partial charge on any atom is 0.346 e. The molecule has 1 atom stereocenters. The molecule has 0 radical (unpaired) electrons. The zero-order valence-corrected chi connectivity index (χ0v) is 13.8. The molecule has 0 bridgehead atoms. The standard InChI is InChI=1S/C18H22N2O3/c1-12-10-11-14(19)18(20-12,16(22)23-17(2,3)4)15(21)13-8-6-5-7-9-13/h5-11,20H,19H2,1-4H3. The highest BCUT2D eigenvalue weighted by Gasteiger charge is 2.52. The lowest BCUT2D eigenvalue weighted by Crippen LogP contribution is -2.63. The van der Waals surface area contributed by atoms with Gasteiger partial charge in [-0.05, 0) is 39.8 Å². The van der Waals surface area contributed by atoms with Gasteiger partial charge in [0, 0.05) is 11.3 Å². The van der Waals surface area contributed by atoms with Gasteiger partial charge in [0.15, 0.2) is 0 Å². The molecule has 1 aromatic carbocycles. The second-order valence-electron chi connectivity index (χ2n) is 6.54. The third kappa shape index (κ3) is 3.28. The predicted octanol–water partition coefficient (Wildman–Crippen LogP) is 2.30. The van der Waals surface area contributed by atoms with Crippen LogP contribution in [0, 0.1) is 0 Å². The van der Waals surface area contributed by atoms with E-state index in [1.807, 2.05) is 0 Å². The molecule has 122 valence electrons. The predicted molar refractivity (Wildman–Crippen MR) is 88.5 cm³/mol. The Labute approximate surface area is 136 Å². The van der Waals surface area contributed by atoms with Crippen molar-refractivity contribution in [1.29, 1.82) is 0 Å². The Morgan fingerprint density at radius 2 is 1.74 bits per heavy atom. The van der Waals surface area contributed by atoms with E-state index in [0.29, 0.717) is 11.3 Å². The summed E-state index contributed by atoms with van der Waals surface area (Å²) < 4.78 is 5.47. The molecule has 23 heavy (non-hydrogen) atoms. The Hall–Kier alpha value is -2.56. The van der Waals surface area contributed by atoms with E-state index in [2.05, 4.69) is 5.32 Å². The van der Waals surface area contributed by atoms with Gasteiger partial charge in [-0.2, -0.15) is 0 Å². The Morgan fingerprint density at radius 3 is 2.30 bits per heavy atom. The van der Waals surface area contributed by atoms with E-state index in [1.54, 1.807) is 70.2 Å². The van der Waals surface area contributed by atoms with Crippen LogP contribution in [0.1, 0.15) is 38.1 Å². The largest absolute Gasteiger partial charge is 0.458 e. The molecule has 1 heterocycles. The summed E-state index contributed by atoms with van der Waals surface area (Å²) in [4.78, 5) is 25.9. The van der Waals surface area contributed by atoms with Crippen LogP contribution in [0.4, 0.5) is 0 Å². The molecule has 0 aliphatic carbocycles. The van der Waals surface area contributed by atoms with Gasteiger partial charge in [0.05, 0.1) is 5.70 Å². The van der Waals surface area contributed by atoms with Gasteiger partial charge in [-0.1, -0.05) is 30.3 Å². The molecule has 3 N–H and O–H groups in total. The number of allylic oxidation sites excluding steroid dienone is 3. The zero-order chi connectivity index (χ0) is 17.3. The number of hydrogen-bond donors (Lipinski definition) is 2. The van der Waals surface area contributed by atoms with Gasteiger partial charge in [-0.3, -0.25) is 4.79 Å². The topological polar surface area (TPSA) is 81.4 Å². The van der Waals surface area contributed by atoms with Crippen molar-refractivity contribution >= 4 is 11.8 Å². The minimum Gasteiger partial charge on any atom is -0.458 e. The molecule has 5 nitrogen and oxygen atoms in total. The summed E-state index contributed by atoms with van der Waals surface area (Å²) in [6, 6.07) is 8.58. The van der Waals surface area contributed by atoms with Crippen LogP contribution in [-0.4, -0.2) is 22.9 Å². The SMILES string of the molecule is CC1=CC=C(N)C(C(=O)OC(C)(C)C)(C(=O)c2ccccc2)N1. The van der Waals surface area contributed by atoms with Crippen molar-refractivity contribution in [2.24, 2.45) is 5.73 Å². The molecule has 5 heteroatoms. The molecular formula is C18H22N2O3. The quantitative estimate of drug-likeness (QED) is 0.508. The molecule has 0 saturated heterocycles. The molecule has 1 unspecified atom stereocenters. The minimum atomic E-state index is -1.74. The molecule has 0 spiro atoms. The maximum absolute atomic E-state index is 13.1. The van der Waals surface area contributed by atoms with Crippen LogP contribution in [0.15, 0.2) is 53.9 Å². The third-order valence-electron chi connectivity index (χ3n) is 3.41. The van der Waals surface area contributed by atoms with Gasteiger partial charge >= 0.3 is 5.97 Å². The molecule has 1 aliphatic heterocycles. The molecule has 0 saturated carbocycles. The fraction of sp³-hybridized carbons (Fsp3) is 0.333. The van der Waals surface area contributed by atoms with Crippen LogP contribution >= 0.6 is 0 Å². The van der Waals surface area contributed by atoms with Crippen molar-refractivity contribution in [3.63, 3.8) is 0 Å². The first kappa shape index (κ1) is 16.8. The van der Waals surface area contributed by atoms with Crippen LogP contribution in [0.25, 0.3) is 0 Å². The number of benzene rings is 1. The summed E-state index contributed by atoms with van der Waals surface area (Å²) in [6.07, 6.45) is 3.28. The van der Waals surface area contributed by atoms with Gasteiger partial charge in [-0.15, -0.1) is 0 Å². The maximum atomic E-state index is 13.1. The summed E-state index contributed by atoms with van der Waals surface area (Å²) in [7, 11) is 0. The van der Waals surface area contributed by atoms with E-state index in [1.165, 1.54) is 0 Å². The lowest BCUT2D eigenvalue weighted by molar-refractivity contribution is -0.159. The third-order valence-corrected chi connectivity index (χ3v) is 3.41. The second kappa shape index (κ2) is 5.91. The Balaban J connectivity index is 2.53. The van der Waals surface area contributed by atoms with Crippen LogP contribution in [-0.2, 0) is 9.53 Å². The summed E-state index contributed by atoms with van der Waals surface area (Å²) >= 11 is 0. The van der Waals surface area contributed by atoms with Crippen molar-refractivity contribution in [3.8, 4) is 0 Å². The molecule has 1 aromatic rings. The smallest absolute Gasteiger partial charge is 0.346 e. The molecule has 0 fully saturated rings. The van der Waals surface area contributed by atoms with E-state index in [4.69, 9.17) is 10.5 Å². The van der Waals surface area contributed by atoms with E-state index >= 15 is 0 Å². The number of esters is 1. The van der Waals surface area contributed by atoms with Crippen LogP contribution in [0.3, 0.4) is 0 Å². The Kier molecular flexibility index (Phi) is 4.32. The van der Waals surface area contributed by atoms with Crippen molar-refractivity contribution in [1.82, 2.24) is 5.32 Å². The fourth-order valence-electron chi connectivity index (χ4n) is 2.36. The number of rotatable bonds is 3. The average Bonchev–Trinajstić information content (AvgIpc) is 2.48. The van der Waals surface area contributed by atoms with Crippen molar-refractivity contribution in [3.05, 3.63) is 59.4 Å². The number of carbonyl (C=O) groups excluding carboxylic acids is 2. The summed E-state index contributed by atoms with van der Waals surface area (Å²) in [5, 5.41) is 2.94. The van der Waals surface area contributed by atoms with Crippen molar-refractivity contribution in [2.75, 3.05) is 0 Å². The second-order valence-corrected chi connectivity index (χ2v) is 6.54. The van der Waals surface area contributed by atoms with Gasteiger partial charge in [0.25, 0.3) is 0 Å². The van der Waals surface area contributed by atoms with Gasteiger partial charge in [0.2, 0.25) is 11.3 Å². The highest BCUT2D eigenvalue weighted by atomic mass is 16.6. The number of carbonyl (C=O) groups is 2. The first-order chi connectivity index (χ1) is 10.7. The lowest BCUT2D eigenvalue weighted by atomic mass is 9.83. The normalized spacial score (nSPS) is 20.9. The highest BCUT2D eigenvalue weighted by molar-refractivity contribution is 6.19. The van der Waals surface area contributed by atoms with E-state index in [0.717, 1.165) is 0 Å². The minimum absolute atomic E-state index is 0.117. The monoisotopic (exact) mass is 314 g/mol. The molecule has 2 rings (SSSR count). The first-order valence-corrected chi connectivity index (χ1v) is 7.43. The number of dihydropyridines is 1. The Bertz CT molecular complexity index is 684. The van der Waals surface area contributed by atoms with E-state index in [-0.39, 0.29) is 5.70 Å². The lowest BCUT2D eigenvalue weighted by Gasteiger charge is -2.36. The number of nitrogens with one attached hydrogen (secondary N) is 1. The number of nitrogens with two attached hydrogens (primary N) is 1. The van der Waals surface area contributed by atoms with Crippen LogP contribution in [0.2, 0.25) is 0 Å². The molecule has 0 aromatic heterocycles. The van der Waals surface area contributed by atoms with Crippen LogP contribution in [0.5, 0.6) is 0 Å².